The van der Waals surface area contributed by atoms with Crippen molar-refractivity contribution in [3.63, 3.8) is 0 Å². The van der Waals surface area contributed by atoms with Crippen molar-refractivity contribution < 1.29 is 14.0 Å². The summed E-state index contributed by atoms with van der Waals surface area (Å²) in [6.45, 7) is 0.532. The number of carbonyl (C=O) groups excluding carboxylic acids is 2. The van der Waals surface area contributed by atoms with Gasteiger partial charge in [-0.15, -0.1) is 5.10 Å². The summed E-state index contributed by atoms with van der Waals surface area (Å²) in [5.74, 6) is -1.40. The van der Waals surface area contributed by atoms with Gasteiger partial charge in [0, 0.05) is 18.7 Å². The van der Waals surface area contributed by atoms with Gasteiger partial charge in [0.2, 0.25) is 5.91 Å². The number of amides is 2. The lowest BCUT2D eigenvalue weighted by atomic mass is 10.2. The first-order valence-electron chi connectivity index (χ1n) is 8.33. The summed E-state index contributed by atoms with van der Waals surface area (Å²) in [7, 11) is 0. The molecule has 2 aromatic carbocycles. The molecule has 27 heavy (non-hydrogen) atoms. The van der Waals surface area contributed by atoms with Crippen LogP contribution in [0.15, 0.2) is 60.8 Å². The minimum Gasteiger partial charge on any atom is -0.370 e. The van der Waals surface area contributed by atoms with Gasteiger partial charge >= 0.3 is 0 Å². The number of primary amides is 1. The normalized spacial score (nSPS) is 10.6. The molecule has 0 aliphatic heterocycles. The van der Waals surface area contributed by atoms with Crippen LogP contribution in [-0.2, 0) is 11.3 Å². The van der Waals surface area contributed by atoms with E-state index in [9.17, 15) is 14.0 Å². The highest BCUT2D eigenvalue weighted by Crippen LogP contribution is 2.18. The SMILES string of the molecule is NC(=O)CCN(C(=O)c1cn(Cc2ccccc2)nn1)c1ccc(F)cc1. The first-order valence-corrected chi connectivity index (χ1v) is 8.33. The van der Waals surface area contributed by atoms with E-state index in [1.807, 2.05) is 30.3 Å². The Hall–Kier alpha value is -3.55. The maximum atomic E-state index is 13.2. The molecule has 138 valence electrons. The molecule has 8 heteroatoms. The molecule has 0 aliphatic rings. The van der Waals surface area contributed by atoms with Crippen LogP contribution in [0.25, 0.3) is 0 Å². The molecule has 0 fully saturated rings. The van der Waals surface area contributed by atoms with Gasteiger partial charge in [0.15, 0.2) is 5.69 Å². The number of anilines is 1. The van der Waals surface area contributed by atoms with Crippen molar-refractivity contribution in [1.82, 2.24) is 15.0 Å². The minimum atomic E-state index is -0.539. The Morgan fingerprint density at radius 1 is 1.07 bits per heavy atom. The Bertz CT molecular complexity index is 925. The van der Waals surface area contributed by atoms with Gasteiger partial charge in [0.05, 0.1) is 12.7 Å². The lowest BCUT2D eigenvalue weighted by Crippen LogP contribution is -2.34. The fourth-order valence-electron chi connectivity index (χ4n) is 2.57. The van der Waals surface area contributed by atoms with Gasteiger partial charge in [0.25, 0.3) is 5.91 Å². The van der Waals surface area contributed by atoms with Crippen LogP contribution in [0.1, 0.15) is 22.5 Å². The average Bonchev–Trinajstić information content (AvgIpc) is 3.12. The molecule has 1 heterocycles. The standard InChI is InChI=1S/C19H18FN5O2/c20-15-6-8-16(9-7-15)25(11-10-18(21)26)19(27)17-13-24(23-22-17)12-14-4-2-1-3-5-14/h1-9,13H,10-12H2,(H2,21,26). The van der Waals surface area contributed by atoms with Crippen LogP contribution in [0.5, 0.6) is 0 Å². The molecule has 0 radical (unpaired) electrons. The van der Waals surface area contributed by atoms with E-state index in [4.69, 9.17) is 5.73 Å². The largest absolute Gasteiger partial charge is 0.370 e. The second kappa shape index (κ2) is 8.22. The van der Waals surface area contributed by atoms with E-state index in [2.05, 4.69) is 10.3 Å². The van der Waals surface area contributed by atoms with Crippen molar-refractivity contribution in [1.29, 1.82) is 0 Å². The Labute approximate surface area is 155 Å². The number of halogens is 1. The zero-order valence-electron chi connectivity index (χ0n) is 14.5. The lowest BCUT2D eigenvalue weighted by molar-refractivity contribution is -0.117. The predicted molar refractivity (Wildman–Crippen MR) is 97.5 cm³/mol. The van der Waals surface area contributed by atoms with Crippen molar-refractivity contribution >= 4 is 17.5 Å². The molecular weight excluding hydrogens is 349 g/mol. The van der Waals surface area contributed by atoms with E-state index in [-0.39, 0.29) is 18.7 Å². The van der Waals surface area contributed by atoms with E-state index in [1.165, 1.54) is 35.4 Å². The third kappa shape index (κ3) is 4.75. The molecule has 0 atom stereocenters. The lowest BCUT2D eigenvalue weighted by Gasteiger charge is -2.21. The summed E-state index contributed by atoms with van der Waals surface area (Å²) in [6, 6.07) is 15.0. The number of hydrogen-bond donors (Lipinski definition) is 1. The molecule has 0 spiro atoms. The van der Waals surface area contributed by atoms with Crippen LogP contribution in [0.3, 0.4) is 0 Å². The van der Waals surface area contributed by atoms with E-state index in [1.54, 1.807) is 4.68 Å². The molecule has 3 rings (SSSR count). The number of nitrogens with zero attached hydrogens (tertiary/aromatic N) is 4. The molecule has 1 aromatic heterocycles. The van der Waals surface area contributed by atoms with Crippen molar-refractivity contribution in [3.8, 4) is 0 Å². The van der Waals surface area contributed by atoms with Crippen molar-refractivity contribution in [3.05, 3.63) is 77.9 Å². The molecule has 3 aromatic rings. The summed E-state index contributed by atoms with van der Waals surface area (Å²) in [5.41, 5.74) is 6.79. The number of rotatable bonds is 7. The summed E-state index contributed by atoms with van der Waals surface area (Å²) in [4.78, 5) is 25.4. The molecule has 0 unspecified atom stereocenters. The monoisotopic (exact) mass is 367 g/mol. The summed E-state index contributed by atoms with van der Waals surface area (Å²) in [5, 5.41) is 7.92. The second-order valence-electron chi connectivity index (χ2n) is 5.94. The summed E-state index contributed by atoms with van der Waals surface area (Å²) >= 11 is 0. The maximum absolute atomic E-state index is 13.2. The smallest absolute Gasteiger partial charge is 0.280 e. The highest BCUT2D eigenvalue weighted by Gasteiger charge is 2.21. The highest BCUT2D eigenvalue weighted by molar-refractivity contribution is 6.04. The maximum Gasteiger partial charge on any atom is 0.280 e. The third-order valence-corrected chi connectivity index (χ3v) is 3.91. The molecule has 0 aliphatic carbocycles. The minimum absolute atomic E-state index is 0.0265. The molecule has 0 saturated carbocycles. The second-order valence-corrected chi connectivity index (χ2v) is 5.94. The quantitative estimate of drug-likeness (QED) is 0.691. The topological polar surface area (TPSA) is 94.1 Å². The number of hydrogen-bond acceptors (Lipinski definition) is 4. The predicted octanol–water partition coefficient (Wildman–Crippen LogP) is 1.99. The molecule has 2 N–H and O–H groups in total. The summed E-state index contributed by atoms with van der Waals surface area (Å²) < 4.78 is 14.8. The number of benzene rings is 2. The first-order chi connectivity index (χ1) is 13.0. The van der Waals surface area contributed by atoms with Crippen molar-refractivity contribution in [2.45, 2.75) is 13.0 Å². The first kappa shape index (κ1) is 18.2. The van der Waals surface area contributed by atoms with Gasteiger partial charge in [-0.1, -0.05) is 35.5 Å². The van der Waals surface area contributed by atoms with E-state index >= 15 is 0 Å². The van der Waals surface area contributed by atoms with Gasteiger partial charge in [-0.2, -0.15) is 0 Å². The Morgan fingerprint density at radius 3 is 2.44 bits per heavy atom. The van der Waals surface area contributed by atoms with E-state index in [0.29, 0.717) is 12.2 Å². The number of carbonyl (C=O) groups is 2. The molecule has 2 amide bonds. The van der Waals surface area contributed by atoms with E-state index < -0.39 is 17.6 Å². The average molecular weight is 367 g/mol. The Morgan fingerprint density at radius 2 is 1.78 bits per heavy atom. The van der Waals surface area contributed by atoms with Gasteiger partial charge in [-0.25, -0.2) is 9.07 Å². The highest BCUT2D eigenvalue weighted by atomic mass is 19.1. The zero-order valence-corrected chi connectivity index (χ0v) is 14.5. The van der Waals surface area contributed by atoms with Crippen LogP contribution in [-0.4, -0.2) is 33.4 Å². The molecule has 0 saturated heterocycles. The van der Waals surface area contributed by atoms with Crippen molar-refractivity contribution in [2.24, 2.45) is 5.73 Å². The van der Waals surface area contributed by atoms with Crippen LogP contribution in [0, 0.1) is 5.82 Å². The van der Waals surface area contributed by atoms with Crippen LogP contribution < -0.4 is 10.6 Å². The Kier molecular flexibility index (Phi) is 5.55. The van der Waals surface area contributed by atoms with Gasteiger partial charge in [-0.3, -0.25) is 9.59 Å². The van der Waals surface area contributed by atoms with Crippen molar-refractivity contribution in [2.75, 3.05) is 11.4 Å². The molecular formula is C19H18FN5O2. The van der Waals surface area contributed by atoms with Crippen LogP contribution >= 0.6 is 0 Å². The molecule has 0 bridgehead atoms. The Balaban J connectivity index is 1.81. The van der Waals surface area contributed by atoms with Gasteiger partial charge in [-0.05, 0) is 29.8 Å². The van der Waals surface area contributed by atoms with Gasteiger partial charge < -0.3 is 10.6 Å². The number of aromatic nitrogens is 3. The van der Waals surface area contributed by atoms with Crippen LogP contribution in [0.4, 0.5) is 10.1 Å². The number of nitrogens with two attached hydrogens (primary N) is 1. The fraction of sp³-hybridized carbons (Fsp3) is 0.158. The fourth-order valence-corrected chi connectivity index (χ4v) is 2.57. The zero-order chi connectivity index (χ0) is 19.2. The summed E-state index contributed by atoms with van der Waals surface area (Å²) in [6.07, 6.45) is 1.51. The van der Waals surface area contributed by atoms with Crippen LogP contribution in [0.2, 0.25) is 0 Å². The van der Waals surface area contributed by atoms with E-state index in [0.717, 1.165) is 5.56 Å². The molecule has 7 nitrogen and oxygen atoms in total. The third-order valence-electron chi connectivity index (χ3n) is 3.91. The van der Waals surface area contributed by atoms with Gasteiger partial charge in [0.1, 0.15) is 5.82 Å².